The summed E-state index contributed by atoms with van der Waals surface area (Å²) in [6.45, 7) is 10.4. The van der Waals surface area contributed by atoms with Crippen molar-refractivity contribution in [3.8, 4) is 11.5 Å². The molecule has 3 aromatic carbocycles. The largest absolute Gasteiger partial charge is 0.496 e. The van der Waals surface area contributed by atoms with Crippen molar-refractivity contribution in [1.82, 2.24) is 4.90 Å². The Morgan fingerprint density at radius 2 is 1.78 bits per heavy atom. The lowest BCUT2D eigenvalue weighted by atomic mass is 9.85. The Morgan fingerprint density at radius 1 is 1.00 bits per heavy atom. The minimum absolute atomic E-state index is 0.106. The highest BCUT2D eigenvalue weighted by molar-refractivity contribution is 5.85. The molecule has 0 aliphatic carbocycles. The van der Waals surface area contributed by atoms with Gasteiger partial charge in [0.15, 0.2) is 5.60 Å². The Morgan fingerprint density at radius 3 is 2.51 bits per heavy atom. The number of nitrogens with two attached hydrogens (primary N) is 1. The molecule has 3 aromatic rings. The van der Waals surface area contributed by atoms with Crippen molar-refractivity contribution in [3.05, 3.63) is 89.0 Å². The summed E-state index contributed by atoms with van der Waals surface area (Å²) >= 11 is 0. The number of benzene rings is 3. The molecule has 3 N–H and O–H groups in total. The molecule has 264 valence electrons. The number of carbonyl (C=O) groups excluding carboxylic acids is 2. The van der Waals surface area contributed by atoms with Crippen LogP contribution < -0.4 is 20.5 Å². The van der Waals surface area contributed by atoms with Gasteiger partial charge in [-0.25, -0.2) is 4.79 Å². The van der Waals surface area contributed by atoms with Crippen molar-refractivity contribution < 1.29 is 33.3 Å². The molecule has 2 aliphatic rings. The Hall–Kier alpha value is -4.28. The topological polar surface area (TPSA) is 122 Å². The third-order valence-corrected chi connectivity index (χ3v) is 9.13. The van der Waals surface area contributed by atoms with Gasteiger partial charge in [0, 0.05) is 36.7 Å². The summed E-state index contributed by atoms with van der Waals surface area (Å²) in [7, 11) is 1.66. The van der Waals surface area contributed by atoms with Gasteiger partial charge >= 0.3 is 6.09 Å². The number of hydrogen-bond acceptors (Lipinski definition) is 8. The SMILES string of the molecule is COc1ccccc1COCCCOc1ccc(C2CCN(C(=O)OC(C)(C)C)CC2OC(C)(C(N)=O)c2ccc3c(c2)NCCC3)cc1. The lowest BCUT2D eigenvalue weighted by molar-refractivity contribution is -0.158. The first-order valence-corrected chi connectivity index (χ1v) is 17.2. The van der Waals surface area contributed by atoms with Crippen LogP contribution in [0.3, 0.4) is 0 Å². The minimum Gasteiger partial charge on any atom is -0.496 e. The van der Waals surface area contributed by atoms with Crippen LogP contribution in [0, 0.1) is 0 Å². The molecule has 2 aliphatic heterocycles. The number of ether oxygens (including phenoxy) is 5. The number of nitrogens with one attached hydrogen (secondary N) is 1. The fraction of sp³-hybridized carbons (Fsp3) is 0.487. The third kappa shape index (κ3) is 9.25. The zero-order valence-electron chi connectivity index (χ0n) is 29.5. The maximum atomic E-state index is 13.2. The van der Waals surface area contributed by atoms with Gasteiger partial charge in [-0.1, -0.05) is 42.5 Å². The average molecular weight is 674 g/mol. The van der Waals surface area contributed by atoms with Crippen LogP contribution in [0.5, 0.6) is 11.5 Å². The monoisotopic (exact) mass is 673 g/mol. The molecule has 3 unspecified atom stereocenters. The van der Waals surface area contributed by atoms with Crippen molar-refractivity contribution >= 4 is 17.7 Å². The van der Waals surface area contributed by atoms with Gasteiger partial charge in [0.05, 0.1) is 39.6 Å². The molecule has 3 atom stereocenters. The summed E-state index contributed by atoms with van der Waals surface area (Å²) in [6.07, 6.45) is 2.45. The number of carbonyl (C=O) groups is 2. The van der Waals surface area contributed by atoms with Crippen molar-refractivity contribution in [2.24, 2.45) is 5.73 Å². The van der Waals surface area contributed by atoms with Gasteiger partial charge in [-0.15, -0.1) is 0 Å². The molecule has 2 amide bonds. The van der Waals surface area contributed by atoms with Gasteiger partial charge in [0.2, 0.25) is 0 Å². The zero-order chi connectivity index (χ0) is 35.0. The van der Waals surface area contributed by atoms with Crippen molar-refractivity contribution in [2.45, 2.75) is 83.2 Å². The lowest BCUT2D eigenvalue weighted by Crippen LogP contribution is -2.52. The molecule has 0 bridgehead atoms. The number of rotatable bonds is 13. The van der Waals surface area contributed by atoms with Crippen LogP contribution in [0.25, 0.3) is 0 Å². The number of primary amides is 1. The summed E-state index contributed by atoms with van der Waals surface area (Å²) in [4.78, 5) is 28.0. The van der Waals surface area contributed by atoms with Crippen molar-refractivity contribution in [3.63, 3.8) is 0 Å². The van der Waals surface area contributed by atoms with Crippen LogP contribution in [-0.4, -0.2) is 68.6 Å². The smallest absolute Gasteiger partial charge is 0.410 e. The second-order valence-corrected chi connectivity index (χ2v) is 13.9. The van der Waals surface area contributed by atoms with E-state index in [0.717, 1.165) is 54.1 Å². The van der Waals surface area contributed by atoms with E-state index in [4.69, 9.17) is 29.4 Å². The molecule has 2 heterocycles. The minimum atomic E-state index is -1.43. The van der Waals surface area contributed by atoms with Crippen LogP contribution in [0.1, 0.15) is 75.1 Å². The van der Waals surface area contributed by atoms with Gasteiger partial charge in [-0.05, 0) is 87.9 Å². The van der Waals surface area contributed by atoms with E-state index < -0.39 is 29.3 Å². The van der Waals surface area contributed by atoms with Crippen molar-refractivity contribution in [2.75, 3.05) is 45.3 Å². The van der Waals surface area contributed by atoms with E-state index in [0.29, 0.717) is 38.3 Å². The van der Waals surface area contributed by atoms with Gasteiger partial charge in [-0.2, -0.15) is 0 Å². The second kappa shape index (κ2) is 16.0. The number of piperidine rings is 1. The van der Waals surface area contributed by atoms with Gasteiger partial charge in [-0.3, -0.25) is 4.79 Å². The molecular formula is C39H51N3O7. The number of nitrogens with zero attached hydrogens (tertiary/aromatic N) is 1. The maximum absolute atomic E-state index is 13.2. The lowest BCUT2D eigenvalue weighted by Gasteiger charge is -2.42. The highest BCUT2D eigenvalue weighted by Gasteiger charge is 2.43. The third-order valence-electron chi connectivity index (χ3n) is 9.13. The first-order chi connectivity index (χ1) is 23.5. The summed E-state index contributed by atoms with van der Waals surface area (Å²) in [5.41, 5.74) is 8.93. The molecule has 0 saturated carbocycles. The fourth-order valence-electron chi connectivity index (χ4n) is 6.40. The van der Waals surface area contributed by atoms with Crippen molar-refractivity contribution in [1.29, 1.82) is 0 Å². The van der Waals surface area contributed by atoms with Crippen LogP contribution in [0.4, 0.5) is 10.5 Å². The molecule has 0 radical (unpaired) electrons. The maximum Gasteiger partial charge on any atom is 0.410 e. The number of fused-ring (bicyclic) bond motifs is 1. The van der Waals surface area contributed by atoms with Gasteiger partial charge in [0.25, 0.3) is 5.91 Å². The Balaban J connectivity index is 1.26. The molecule has 1 fully saturated rings. The number of aryl methyl sites for hydroxylation is 1. The first kappa shape index (κ1) is 36.0. The summed E-state index contributed by atoms with van der Waals surface area (Å²) in [6, 6.07) is 21.7. The number of likely N-dealkylation sites (tertiary alicyclic amines) is 1. The molecule has 49 heavy (non-hydrogen) atoms. The molecule has 0 aromatic heterocycles. The first-order valence-electron chi connectivity index (χ1n) is 17.2. The molecule has 10 nitrogen and oxygen atoms in total. The molecule has 1 saturated heterocycles. The van der Waals surface area contributed by atoms with E-state index >= 15 is 0 Å². The number of anilines is 1. The second-order valence-electron chi connectivity index (χ2n) is 13.9. The quantitative estimate of drug-likeness (QED) is 0.196. The Bertz CT molecular complexity index is 1570. The summed E-state index contributed by atoms with van der Waals surface area (Å²) < 4.78 is 29.7. The van der Waals surface area contributed by atoms with E-state index in [1.165, 1.54) is 5.56 Å². The van der Waals surface area contributed by atoms with Crippen LogP contribution in [-0.2, 0) is 37.6 Å². The molecule has 0 spiro atoms. The average Bonchev–Trinajstić information content (AvgIpc) is 3.09. The Kier molecular flexibility index (Phi) is 11.7. The number of hydrogen-bond donors (Lipinski definition) is 2. The van der Waals surface area contributed by atoms with Gasteiger partial charge < -0.3 is 39.6 Å². The molecule has 5 rings (SSSR count). The fourth-order valence-corrected chi connectivity index (χ4v) is 6.40. The summed E-state index contributed by atoms with van der Waals surface area (Å²) in [5.74, 6) is 0.871. The predicted octanol–water partition coefficient (Wildman–Crippen LogP) is 6.55. The van der Waals surface area contributed by atoms with E-state index in [-0.39, 0.29) is 12.5 Å². The standard InChI is InChI=1S/C39H51N3O7/c1-38(2,3)49-37(44)42-21-19-32(35(25-42)48-39(4,36(40)43)30-16-13-28-11-8-20-41-33(28)24-30)27-14-17-31(18-15-27)47-23-9-22-46-26-29-10-6-7-12-34(29)45-5/h6-7,10,12-18,24,32,35,41H,8-9,11,19-23,25-26H2,1-5H3,(H2,40,43). The van der Waals surface area contributed by atoms with E-state index in [9.17, 15) is 9.59 Å². The highest BCUT2D eigenvalue weighted by Crippen LogP contribution is 2.39. The normalized spacial score (nSPS) is 18.8. The number of methoxy groups -OCH3 is 1. The predicted molar refractivity (Wildman–Crippen MR) is 189 cm³/mol. The Labute approximate surface area is 290 Å². The molecule has 10 heteroatoms. The molecular weight excluding hydrogens is 622 g/mol. The number of para-hydroxylation sites is 1. The van der Waals surface area contributed by atoms with Crippen LogP contribution in [0.15, 0.2) is 66.7 Å². The zero-order valence-corrected chi connectivity index (χ0v) is 29.5. The van der Waals surface area contributed by atoms with E-state index in [2.05, 4.69) is 5.32 Å². The van der Waals surface area contributed by atoms with E-state index in [1.807, 2.05) is 87.5 Å². The van der Waals surface area contributed by atoms with E-state index in [1.54, 1.807) is 18.9 Å². The summed E-state index contributed by atoms with van der Waals surface area (Å²) in [5, 5.41) is 3.44. The van der Waals surface area contributed by atoms with Crippen LogP contribution in [0.2, 0.25) is 0 Å². The van der Waals surface area contributed by atoms with Gasteiger partial charge in [0.1, 0.15) is 17.1 Å². The van der Waals surface area contributed by atoms with Crippen LogP contribution >= 0.6 is 0 Å². The number of amides is 2. The highest BCUT2D eigenvalue weighted by atomic mass is 16.6.